The monoisotopic (exact) mass is 412 g/mol. The third-order valence-electron chi connectivity index (χ3n) is 4.26. The molecule has 1 saturated heterocycles. The number of carbonyl (C=O) groups excluding carboxylic acids is 2. The van der Waals surface area contributed by atoms with Gasteiger partial charge in [-0.3, -0.25) is 0 Å². The first-order valence-electron chi connectivity index (χ1n) is 9.13. The van der Waals surface area contributed by atoms with Crippen molar-refractivity contribution in [1.82, 2.24) is 0 Å². The molecule has 2 aromatic rings. The van der Waals surface area contributed by atoms with Gasteiger partial charge in [0.05, 0.1) is 7.11 Å². The molecule has 0 unspecified atom stereocenters. The summed E-state index contributed by atoms with van der Waals surface area (Å²) in [5.74, 6) is -2.71. The molecular formula is C21H21BO8. The number of ether oxygens (including phenoxy) is 4. The van der Waals surface area contributed by atoms with Gasteiger partial charge in [-0.25, -0.2) is 9.59 Å². The summed E-state index contributed by atoms with van der Waals surface area (Å²) < 4.78 is 21.2. The Kier molecular flexibility index (Phi) is 6.14. The predicted molar refractivity (Wildman–Crippen MR) is 108 cm³/mol. The van der Waals surface area contributed by atoms with Crippen LogP contribution in [0.1, 0.15) is 25.0 Å². The zero-order valence-corrected chi connectivity index (χ0v) is 16.7. The van der Waals surface area contributed by atoms with E-state index in [1.165, 1.54) is 39.2 Å². The summed E-state index contributed by atoms with van der Waals surface area (Å²) >= 11 is 0. The smallest absolute Gasteiger partial charge is 0.492 e. The van der Waals surface area contributed by atoms with E-state index in [1.54, 1.807) is 0 Å². The van der Waals surface area contributed by atoms with E-state index in [0.717, 1.165) is 5.56 Å². The van der Waals surface area contributed by atoms with Crippen LogP contribution in [0.2, 0.25) is 0 Å². The minimum absolute atomic E-state index is 0.00926. The van der Waals surface area contributed by atoms with Crippen LogP contribution in [0, 0.1) is 0 Å². The molecule has 0 radical (unpaired) electrons. The molecule has 9 heteroatoms. The van der Waals surface area contributed by atoms with Gasteiger partial charge in [-0.15, -0.1) is 0 Å². The van der Waals surface area contributed by atoms with E-state index in [4.69, 9.17) is 18.9 Å². The van der Waals surface area contributed by atoms with Crippen molar-refractivity contribution < 1.29 is 38.6 Å². The summed E-state index contributed by atoms with van der Waals surface area (Å²) in [6.45, 7) is 3.06. The van der Waals surface area contributed by atoms with E-state index >= 15 is 0 Å². The Morgan fingerprint density at radius 2 is 1.70 bits per heavy atom. The largest absolute Gasteiger partial charge is 0.493 e. The number of benzene rings is 2. The highest BCUT2D eigenvalue weighted by Gasteiger charge is 2.39. The maximum absolute atomic E-state index is 12.2. The Hall–Kier alpha value is -3.30. The molecule has 0 aliphatic carbocycles. The van der Waals surface area contributed by atoms with Gasteiger partial charge < -0.3 is 29.0 Å². The summed E-state index contributed by atoms with van der Waals surface area (Å²) in [5, 5.41) is 19.7. The summed E-state index contributed by atoms with van der Waals surface area (Å²) in [6.07, 6.45) is 1.23. The van der Waals surface area contributed by atoms with Crippen molar-refractivity contribution in [2.24, 2.45) is 0 Å². The number of rotatable bonds is 6. The van der Waals surface area contributed by atoms with Gasteiger partial charge in [0.1, 0.15) is 12.2 Å². The Morgan fingerprint density at radius 3 is 2.27 bits per heavy atom. The fourth-order valence-electron chi connectivity index (χ4n) is 2.90. The molecule has 0 bridgehead atoms. The van der Waals surface area contributed by atoms with E-state index in [9.17, 15) is 19.6 Å². The van der Waals surface area contributed by atoms with Gasteiger partial charge in [0.25, 0.3) is 5.79 Å². The molecule has 0 aromatic heterocycles. The molecule has 2 aromatic carbocycles. The third kappa shape index (κ3) is 4.81. The van der Waals surface area contributed by atoms with Crippen molar-refractivity contribution in [3.63, 3.8) is 0 Å². The number of hydrogen-bond acceptors (Lipinski definition) is 8. The molecule has 3 rings (SSSR count). The molecular weight excluding hydrogens is 391 g/mol. The Bertz CT molecular complexity index is 960. The average Bonchev–Trinajstić information content (AvgIpc) is 2.69. The van der Waals surface area contributed by atoms with Crippen molar-refractivity contribution >= 4 is 30.6 Å². The molecule has 1 aliphatic rings. The van der Waals surface area contributed by atoms with Crippen LogP contribution in [0.3, 0.4) is 0 Å². The van der Waals surface area contributed by atoms with E-state index < -0.39 is 24.8 Å². The van der Waals surface area contributed by atoms with Crippen molar-refractivity contribution in [3.05, 3.63) is 59.2 Å². The van der Waals surface area contributed by atoms with Gasteiger partial charge in [0, 0.05) is 19.3 Å². The zero-order chi connectivity index (χ0) is 21.9. The van der Waals surface area contributed by atoms with E-state index in [0.29, 0.717) is 5.56 Å². The second-order valence-corrected chi connectivity index (χ2v) is 7.03. The van der Waals surface area contributed by atoms with Crippen LogP contribution in [0.15, 0.2) is 48.0 Å². The Labute approximate surface area is 173 Å². The minimum Gasteiger partial charge on any atom is -0.493 e. The van der Waals surface area contributed by atoms with Crippen LogP contribution >= 0.6 is 0 Å². The van der Waals surface area contributed by atoms with E-state index in [-0.39, 0.29) is 29.1 Å². The van der Waals surface area contributed by atoms with Gasteiger partial charge in [-0.05, 0) is 23.3 Å². The fourth-order valence-corrected chi connectivity index (χ4v) is 2.90. The number of methoxy groups -OCH3 is 1. The highest BCUT2D eigenvalue weighted by atomic mass is 16.7. The molecule has 156 valence electrons. The summed E-state index contributed by atoms with van der Waals surface area (Å²) in [6, 6.07) is 12.2. The normalized spacial score (nSPS) is 15.2. The number of esters is 2. The number of cyclic esters (lactones) is 2. The first-order valence-corrected chi connectivity index (χ1v) is 9.13. The molecule has 30 heavy (non-hydrogen) atoms. The van der Waals surface area contributed by atoms with Crippen LogP contribution in [-0.2, 0) is 25.7 Å². The zero-order valence-electron chi connectivity index (χ0n) is 16.7. The minimum atomic E-state index is -1.88. The molecule has 0 amide bonds. The number of hydrogen-bond donors (Lipinski definition) is 2. The van der Waals surface area contributed by atoms with Crippen LogP contribution in [0.25, 0.3) is 6.08 Å². The predicted octanol–water partition coefficient (Wildman–Crippen LogP) is 1.17. The lowest BCUT2D eigenvalue weighted by molar-refractivity contribution is -0.222. The van der Waals surface area contributed by atoms with Crippen molar-refractivity contribution in [1.29, 1.82) is 0 Å². The molecule has 0 spiro atoms. The molecule has 1 aliphatic heterocycles. The van der Waals surface area contributed by atoms with Crippen molar-refractivity contribution in [3.8, 4) is 11.5 Å². The van der Waals surface area contributed by atoms with Crippen molar-refractivity contribution in [2.45, 2.75) is 26.2 Å². The standard InChI is InChI=1S/C21H21BO8/c1-21(2)29-19(23)15(20(24)30-21)9-14-10-16(22(25)26)18(17(11-14)27-3)28-12-13-7-5-4-6-8-13/h4-11,25-26H,12H2,1-3H3. The van der Waals surface area contributed by atoms with Gasteiger partial charge in [0.15, 0.2) is 11.5 Å². The third-order valence-corrected chi connectivity index (χ3v) is 4.26. The maximum Gasteiger partial charge on any atom is 0.492 e. The first kappa shape index (κ1) is 21.4. The van der Waals surface area contributed by atoms with Crippen LogP contribution in [0.5, 0.6) is 11.5 Å². The van der Waals surface area contributed by atoms with Crippen LogP contribution < -0.4 is 14.9 Å². The quantitative estimate of drug-likeness (QED) is 0.315. The van der Waals surface area contributed by atoms with Gasteiger partial charge in [-0.1, -0.05) is 36.4 Å². The SMILES string of the molecule is COc1cc(C=C2C(=O)OC(C)(C)OC2=O)cc(B(O)O)c1OCc1ccccc1. The number of carbonyl (C=O) groups is 2. The topological polar surface area (TPSA) is 112 Å². The van der Waals surface area contributed by atoms with Crippen LogP contribution in [-0.4, -0.2) is 42.0 Å². The van der Waals surface area contributed by atoms with Crippen molar-refractivity contribution in [2.75, 3.05) is 7.11 Å². The summed E-state index contributed by atoms with van der Waals surface area (Å²) in [7, 11) is -0.493. The molecule has 1 fully saturated rings. The highest BCUT2D eigenvalue weighted by molar-refractivity contribution is 6.60. The van der Waals surface area contributed by atoms with Crippen LogP contribution in [0.4, 0.5) is 0 Å². The van der Waals surface area contributed by atoms with Gasteiger partial charge >= 0.3 is 19.1 Å². The average molecular weight is 412 g/mol. The maximum atomic E-state index is 12.2. The molecule has 2 N–H and O–H groups in total. The fraction of sp³-hybridized carbons (Fsp3) is 0.238. The summed E-state index contributed by atoms with van der Waals surface area (Å²) in [4.78, 5) is 24.4. The lowest BCUT2D eigenvalue weighted by atomic mass is 9.78. The second kappa shape index (κ2) is 8.60. The molecule has 0 atom stereocenters. The lowest BCUT2D eigenvalue weighted by Crippen LogP contribution is -2.41. The summed E-state index contributed by atoms with van der Waals surface area (Å²) in [5.41, 5.74) is 0.854. The lowest BCUT2D eigenvalue weighted by Gasteiger charge is -2.29. The molecule has 8 nitrogen and oxygen atoms in total. The molecule has 1 heterocycles. The molecule has 0 saturated carbocycles. The van der Waals surface area contributed by atoms with Gasteiger partial charge in [-0.2, -0.15) is 0 Å². The van der Waals surface area contributed by atoms with E-state index in [1.807, 2.05) is 30.3 Å². The Morgan fingerprint density at radius 1 is 1.07 bits per heavy atom. The second-order valence-electron chi connectivity index (χ2n) is 7.03. The van der Waals surface area contributed by atoms with Gasteiger partial charge in [0.2, 0.25) is 0 Å². The Balaban J connectivity index is 1.96. The first-order chi connectivity index (χ1) is 14.2. The highest BCUT2D eigenvalue weighted by Crippen LogP contribution is 2.30. The van der Waals surface area contributed by atoms with E-state index in [2.05, 4.69) is 0 Å².